The number of carbonyl (C=O) groups is 2. The maximum Gasteiger partial charge on any atom is 0.337 e. The van der Waals surface area contributed by atoms with Gasteiger partial charge in [-0.05, 0) is 59.2 Å². The van der Waals surface area contributed by atoms with Gasteiger partial charge in [0.2, 0.25) is 0 Å². The van der Waals surface area contributed by atoms with Gasteiger partial charge < -0.3 is 5.11 Å². The molecule has 3 nitrogen and oxygen atoms in total. The molecule has 1 saturated carbocycles. The lowest BCUT2D eigenvalue weighted by atomic mass is 9.87. The number of benzene rings is 2. The maximum atomic E-state index is 13.1. The van der Waals surface area contributed by atoms with Crippen LogP contribution in [0.25, 0.3) is 10.4 Å². The zero-order valence-corrected chi connectivity index (χ0v) is 17.1. The Morgan fingerprint density at radius 3 is 2.07 bits per heavy atom. The first-order valence-electron chi connectivity index (χ1n) is 8.80. The predicted molar refractivity (Wildman–Crippen MR) is 113 cm³/mol. The molecule has 0 unspecified atom stereocenters. The normalized spacial score (nSPS) is 14.6. The lowest BCUT2D eigenvalue weighted by Gasteiger charge is -2.15. The molecule has 1 fully saturated rings. The molecule has 3 aromatic rings. The summed E-state index contributed by atoms with van der Waals surface area (Å²) >= 11 is 13.2. The van der Waals surface area contributed by atoms with Crippen LogP contribution in [0, 0.1) is 0 Å². The minimum Gasteiger partial charge on any atom is -0.478 e. The molecule has 0 radical (unpaired) electrons. The average molecular weight is 431 g/mol. The fourth-order valence-electron chi connectivity index (χ4n) is 3.54. The SMILES string of the molecule is O=C(O)c1c(CC(=O)C2(c3ccc(Cl)cc3)CC2)csc1-c1ccc(Cl)cc1. The smallest absolute Gasteiger partial charge is 0.337 e. The fourth-order valence-corrected chi connectivity index (χ4v) is 4.86. The topological polar surface area (TPSA) is 54.4 Å². The van der Waals surface area contributed by atoms with E-state index in [9.17, 15) is 14.7 Å². The standard InChI is InChI=1S/C22H16Cl2O3S/c23-16-5-1-13(2-6-16)20-19(21(26)27)14(12-28-20)11-18(25)22(9-10-22)15-3-7-17(24)8-4-15/h1-8,12H,9-11H2,(H,26,27). The highest BCUT2D eigenvalue weighted by atomic mass is 35.5. The molecule has 0 aliphatic heterocycles. The van der Waals surface area contributed by atoms with E-state index in [0.29, 0.717) is 20.5 Å². The van der Waals surface area contributed by atoms with E-state index in [0.717, 1.165) is 24.0 Å². The first-order chi connectivity index (χ1) is 13.4. The Kier molecular flexibility index (Phi) is 5.04. The van der Waals surface area contributed by atoms with Crippen molar-refractivity contribution in [2.24, 2.45) is 0 Å². The van der Waals surface area contributed by atoms with Gasteiger partial charge in [0.25, 0.3) is 0 Å². The molecule has 1 aromatic heterocycles. The van der Waals surface area contributed by atoms with Gasteiger partial charge in [0.15, 0.2) is 0 Å². The number of halogens is 2. The molecule has 1 aliphatic rings. The molecule has 0 atom stereocenters. The Morgan fingerprint density at radius 1 is 0.964 bits per heavy atom. The summed E-state index contributed by atoms with van der Waals surface area (Å²) in [6, 6.07) is 14.4. The largest absolute Gasteiger partial charge is 0.478 e. The van der Waals surface area contributed by atoms with Crippen molar-refractivity contribution in [1.82, 2.24) is 0 Å². The molecule has 28 heavy (non-hydrogen) atoms. The molecule has 0 saturated heterocycles. The summed E-state index contributed by atoms with van der Waals surface area (Å²) in [5.74, 6) is -0.969. The lowest BCUT2D eigenvalue weighted by molar-refractivity contribution is -0.120. The number of ketones is 1. The summed E-state index contributed by atoms with van der Waals surface area (Å²) in [5.41, 5.74) is 1.99. The number of aromatic carboxylic acids is 1. The zero-order valence-electron chi connectivity index (χ0n) is 14.7. The molecular formula is C22H16Cl2O3S. The third-order valence-electron chi connectivity index (χ3n) is 5.22. The average Bonchev–Trinajstić information content (AvgIpc) is 3.38. The van der Waals surface area contributed by atoms with E-state index in [-0.39, 0.29) is 17.8 Å². The van der Waals surface area contributed by atoms with Crippen LogP contribution in [0.5, 0.6) is 0 Å². The van der Waals surface area contributed by atoms with Gasteiger partial charge >= 0.3 is 5.97 Å². The molecule has 6 heteroatoms. The van der Waals surface area contributed by atoms with E-state index < -0.39 is 11.4 Å². The summed E-state index contributed by atoms with van der Waals surface area (Å²) in [6.45, 7) is 0. The van der Waals surface area contributed by atoms with Gasteiger partial charge in [-0.3, -0.25) is 4.79 Å². The minimum atomic E-state index is -1.02. The maximum absolute atomic E-state index is 13.1. The van der Waals surface area contributed by atoms with Crippen molar-refractivity contribution in [2.75, 3.05) is 0 Å². The van der Waals surface area contributed by atoms with E-state index in [4.69, 9.17) is 23.2 Å². The second-order valence-electron chi connectivity index (χ2n) is 6.97. The van der Waals surface area contributed by atoms with Crippen LogP contribution in [0.4, 0.5) is 0 Å². The number of carbonyl (C=O) groups excluding carboxylic acids is 1. The zero-order chi connectivity index (χ0) is 19.9. The molecule has 1 aliphatic carbocycles. The molecule has 1 N–H and O–H groups in total. The van der Waals surface area contributed by atoms with E-state index >= 15 is 0 Å². The highest BCUT2D eigenvalue weighted by Gasteiger charge is 2.50. The molecular weight excluding hydrogens is 415 g/mol. The van der Waals surface area contributed by atoms with Gasteiger partial charge in [0.1, 0.15) is 5.78 Å². The molecule has 0 spiro atoms. The van der Waals surface area contributed by atoms with Gasteiger partial charge in [-0.2, -0.15) is 0 Å². The number of carboxylic acids is 1. The van der Waals surface area contributed by atoms with Crippen LogP contribution in [-0.2, 0) is 16.6 Å². The quantitative estimate of drug-likeness (QED) is 0.501. The van der Waals surface area contributed by atoms with Crippen LogP contribution in [0.2, 0.25) is 10.0 Å². The number of carboxylic acid groups (broad SMARTS) is 1. The molecule has 0 bridgehead atoms. The van der Waals surface area contributed by atoms with Crippen molar-refractivity contribution in [3.8, 4) is 10.4 Å². The van der Waals surface area contributed by atoms with Gasteiger partial charge in [0, 0.05) is 21.3 Å². The first kappa shape index (κ1) is 19.2. The van der Waals surface area contributed by atoms with Gasteiger partial charge in [-0.15, -0.1) is 11.3 Å². The molecule has 2 aromatic carbocycles. The van der Waals surface area contributed by atoms with Crippen LogP contribution >= 0.6 is 34.5 Å². The molecule has 142 valence electrons. The summed E-state index contributed by atoms with van der Waals surface area (Å²) < 4.78 is 0. The third kappa shape index (κ3) is 3.48. The van der Waals surface area contributed by atoms with Crippen molar-refractivity contribution in [3.05, 3.63) is 80.6 Å². The monoisotopic (exact) mass is 430 g/mol. The van der Waals surface area contributed by atoms with E-state index in [2.05, 4.69) is 0 Å². The van der Waals surface area contributed by atoms with Crippen molar-refractivity contribution in [1.29, 1.82) is 0 Å². The van der Waals surface area contributed by atoms with E-state index in [1.165, 1.54) is 11.3 Å². The first-order valence-corrected chi connectivity index (χ1v) is 10.4. The second kappa shape index (κ2) is 7.36. The van der Waals surface area contributed by atoms with Crippen LogP contribution in [-0.4, -0.2) is 16.9 Å². The minimum absolute atomic E-state index is 0.0535. The third-order valence-corrected chi connectivity index (χ3v) is 6.80. The van der Waals surface area contributed by atoms with Crippen molar-refractivity contribution in [2.45, 2.75) is 24.7 Å². The Balaban J connectivity index is 1.65. The Bertz CT molecular complexity index is 1050. The van der Waals surface area contributed by atoms with Crippen molar-refractivity contribution < 1.29 is 14.7 Å². The van der Waals surface area contributed by atoms with Crippen LogP contribution in [0.3, 0.4) is 0 Å². The van der Waals surface area contributed by atoms with Gasteiger partial charge in [0.05, 0.1) is 11.0 Å². The van der Waals surface area contributed by atoms with Gasteiger partial charge in [-0.1, -0.05) is 47.5 Å². The van der Waals surface area contributed by atoms with Crippen LogP contribution in [0.15, 0.2) is 53.9 Å². The van der Waals surface area contributed by atoms with Gasteiger partial charge in [-0.25, -0.2) is 4.79 Å². The molecule has 1 heterocycles. The molecule has 4 rings (SSSR count). The van der Waals surface area contributed by atoms with Crippen molar-refractivity contribution >= 4 is 46.3 Å². The summed E-state index contributed by atoms with van der Waals surface area (Å²) in [5, 5.41) is 12.8. The summed E-state index contributed by atoms with van der Waals surface area (Å²) in [7, 11) is 0. The lowest BCUT2D eigenvalue weighted by Crippen LogP contribution is -2.23. The number of thiophene rings is 1. The Labute approximate surface area is 176 Å². The second-order valence-corrected chi connectivity index (χ2v) is 8.72. The summed E-state index contributed by atoms with van der Waals surface area (Å²) in [6.07, 6.45) is 1.67. The van der Waals surface area contributed by atoms with Crippen LogP contribution < -0.4 is 0 Å². The van der Waals surface area contributed by atoms with Crippen molar-refractivity contribution in [3.63, 3.8) is 0 Å². The predicted octanol–water partition coefficient (Wildman–Crippen LogP) is 6.26. The highest BCUT2D eigenvalue weighted by Crippen LogP contribution is 2.50. The number of hydrogen-bond acceptors (Lipinski definition) is 3. The van der Waals surface area contributed by atoms with Crippen LogP contribution in [0.1, 0.15) is 34.3 Å². The van der Waals surface area contributed by atoms with E-state index in [1.807, 2.05) is 12.1 Å². The van der Waals surface area contributed by atoms with E-state index in [1.54, 1.807) is 41.8 Å². The number of hydrogen-bond donors (Lipinski definition) is 1. The number of Topliss-reactive ketones (excluding diaryl/α,β-unsaturated/α-hetero) is 1. The summed E-state index contributed by atoms with van der Waals surface area (Å²) in [4.78, 5) is 25.7. The molecule has 0 amide bonds. The Morgan fingerprint density at radius 2 is 1.54 bits per heavy atom. The highest BCUT2D eigenvalue weighted by molar-refractivity contribution is 7.14. The Hall–Kier alpha value is -2.14. The fraction of sp³-hybridized carbons (Fsp3) is 0.182. The number of rotatable bonds is 6.